The Hall–Kier alpha value is -1.85. The molecule has 0 fully saturated rings. The highest BCUT2D eigenvalue weighted by molar-refractivity contribution is 6.14. The fraction of sp³-hybridized carbons (Fsp3) is 0.688. The molecule has 148 valence electrons. The van der Waals surface area contributed by atoms with Crippen molar-refractivity contribution in [3.63, 3.8) is 0 Å². The molecule has 10 nitrogen and oxygen atoms in total. The molecule has 0 aromatic rings. The molecular weight excluding hydrogens is 348 g/mol. The average Bonchev–Trinajstić information content (AvgIpc) is 2.94. The van der Waals surface area contributed by atoms with Crippen molar-refractivity contribution < 1.29 is 38.4 Å². The first-order valence-corrected chi connectivity index (χ1v) is 8.37. The summed E-state index contributed by atoms with van der Waals surface area (Å²) in [5.74, 6) is -1.39. The monoisotopic (exact) mass is 374 g/mol. The Morgan fingerprint density at radius 1 is 0.846 bits per heavy atom. The number of hydrogen-bond donors (Lipinski definition) is 2. The van der Waals surface area contributed by atoms with Crippen molar-refractivity contribution in [2.75, 3.05) is 72.6 Å². The normalized spacial score (nSPS) is 13.7. The number of ether oxygens (including phenoxy) is 4. The standard InChI is InChI=1S/C16H26N2O8/c19-4-6-24-8-10-26-12-11-25-9-7-23-5-3-17-14(20)13-18-15(21)1-2-16(18)22/h1-2,19H,3-13H2,(H,17,20). The first-order chi connectivity index (χ1) is 12.6. The molecule has 1 aliphatic heterocycles. The summed E-state index contributed by atoms with van der Waals surface area (Å²) in [6.07, 6.45) is 2.27. The lowest BCUT2D eigenvalue weighted by atomic mass is 10.4. The van der Waals surface area contributed by atoms with Crippen molar-refractivity contribution in [3.8, 4) is 0 Å². The third kappa shape index (κ3) is 10.2. The fourth-order valence-electron chi connectivity index (χ4n) is 1.88. The summed E-state index contributed by atoms with van der Waals surface area (Å²) in [5, 5.41) is 11.1. The van der Waals surface area contributed by atoms with E-state index in [1.165, 1.54) is 0 Å². The van der Waals surface area contributed by atoms with Gasteiger partial charge in [0, 0.05) is 18.7 Å². The van der Waals surface area contributed by atoms with Gasteiger partial charge in [0.25, 0.3) is 11.8 Å². The van der Waals surface area contributed by atoms with Crippen LogP contribution in [0.3, 0.4) is 0 Å². The van der Waals surface area contributed by atoms with E-state index in [0.717, 1.165) is 17.1 Å². The Morgan fingerprint density at radius 3 is 1.81 bits per heavy atom. The van der Waals surface area contributed by atoms with Gasteiger partial charge in [-0.2, -0.15) is 0 Å². The molecule has 0 bridgehead atoms. The molecule has 0 aromatic heterocycles. The van der Waals surface area contributed by atoms with Crippen LogP contribution in [0.5, 0.6) is 0 Å². The van der Waals surface area contributed by atoms with Crippen LogP contribution in [-0.2, 0) is 33.3 Å². The van der Waals surface area contributed by atoms with Gasteiger partial charge in [-0.05, 0) is 0 Å². The predicted octanol–water partition coefficient (Wildman–Crippen LogP) is -1.91. The summed E-state index contributed by atoms with van der Waals surface area (Å²) in [5.41, 5.74) is 0. The SMILES string of the molecule is O=C(CN1C(=O)C=CC1=O)NCCOCCOCCOCCOCCO. The molecule has 0 spiro atoms. The van der Waals surface area contributed by atoms with E-state index in [-0.39, 0.29) is 19.7 Å². The van der Waals surface area contributed by atoms with Crippen LogP contribution in [0.25, 0.3) is 0 Å². The lowest BCUT2D eigenvalue weighted by Crippen LogP contribution is -2.41. The lowest BCUT2D eigenvalue weighted by molar-refractivity contribution is -0.141. The molecule has 0 atom stereocenters. The molecule has 0 unspecified atom stereocenters. The van der Waals surface area contributed by atoms with Crippen LogP contribution in [0, 0.1) is 0 Å². The Balaban J connectivity index is 1.83. The molecule has 1 aliphatic rings. The van der Waals surface area contributed by atoms with Crippen LogP contribution >= 0.6 is 0 Å². The molecule has 26 heavy (non-hydrogen) atoms. The molecule has 2 N–H and O–H groups in total. The van der Waals surface area contributed by atoms with E-state index in [4.69, 9.17) is 24.1 Å². The summed E-state index contributed by atoms with van der Waals surface area (Å²) in [7, 11) is 0. The number of carbonyl (C=O) groups excluding carboxylic acids is 3. The maximum atomic E-state index is 11.6. The molecule has 0 radical (unpaired) electrons. The lowest BCUT2D eigenvalue weighted by Gasteiger charge is -2.13. The van der Waals surface area contributed by atoms with Gasteiger partial charge in [-0.25, -0.2) is 0 Å². The minimum absolute atomic E-state index is 0.00205. The number of hydrogen-bond acceptors (Lipinski definition) is 8. The maximum absolute atomic E-state index is 11.6. The fourth-order valence-corrected chi connectivity index (χ4v) is 1.88. The minimum atomic E-state index is -0.486. The minimum Gasteiger partial charge on any atom is -0.394 e. The number of aliphatic hydroxyl groups is 1. The summed E-state index contributed by atoms with van der Waals surface area (Å²) >= 11 is 0. The van der Waals surface area contributed by atoms with E-state index in [0.29, 0.717) is 52.9 Å². The van der Waals surface area contributed by atoms with Gasteiger partial charge < -0.3 is 29.4 Å². The van der Waals surface area contributed by atoms with Gasteiger partial charge in [-0.1, -0.05) is 0 Å². The predicted molar refractivity (Wildman–Crippen MR) is 89.2 cm³/mol. The van der Waals surface area contributed by atoms with Crippen LogP contribution < -0.4 is 5.32 Å². The molecule has 0 saturated heterocycles. The van der Waals surface area contributed by atoms with Gasteiger partial charge >= 0.3 is 0 Å². The second-order valence-electron chi connectivity index (χ2n) is 5.12. The van der Waals surface area contributed by atoms with Crippen molar-refractivity contribution >= 4 is 17.7 Å². The Labute approximate surface area is 152 Å². The maximum Gasteiger partial charge on any atom is 0.254 e. The highest BCUT2D eigenvalue weighted by Crippen LogP contribution is 2.01. The molecule has 0 aliphatic carbocycles. The van der Waals surface area contributed by atoms with Crippen LogP contribution in [0.15, 0.2) is 12.2 Å². The van der Waals surface area contributed by atoms with Crippen LogP contribution in [0.1, 0.15) is 0 Å². The summed E-state index contributed by atoms with van der Waals surface area (Å²) < 4.78 is 20.8. The summed E-state index contributed by atoms with van der Waals surface area (Å²) in [6, 6.07) is 0. The van der Waals surface area contributed by atoms with Crippen molar-refractivity contribution in [1.29, 1.82) is 0 Å². The van der Waals surface area contributed by atoms with Crippen LogP contribution in [0.4, 0.5) is 0 Å². The average molecular weight is 374 g/mol. The molecule has 1 heterocycles. The highest BCUT2D eigenvalue weighted by atomic mass is 16.6. The Morgan fingerprint density at radius 2 is 1.31 bits per heavy atom. The quantitative estimate of drug-likeness (QED) is 0.237. The number of carbonyl (C=O) groups is 3. The Bertz CT molecular complexity index is 451. The van der Waals surface area contributed by atoms with Crippen molar-refractivity contribution in [1.82, 2.24) is 10.2 Å². The van der Waals surface area contributed by atoms with E-state index in [1.54, 1.807) is 0 Å². The van der Waals surface area contributed by atoms with Crippen LogP contribution in [0.2, 0.25) is 0 Å². The zero-order valence-electron chi connectivity index (χ0n) is 14.7. The Kier molecular flexibility index (Phi) is 12.2. The largest absolute Gasteiger partial charge is 0.394 e. The third-order valence-corrected chi connectivity index (χ3v) is 3.12. The molecule has 3 amide bonds. The van der Waals surface area contributed by atoms with Gasteiger partial charge in [-0.15, -0.1) is 0 Å². The van der Waals surface area contributed by atoms with Crippen molar-refractivity contribution in [2.45, 2.75) is 0 Å². The summed E-state index contributed by atoms with van der Waals surface area (Å²) in [4.78, 5) is 35.1. The van der Waals surface area contributed by atoms with E-state index >= 15 is 0 Å². The summed E-state index contributed by atoms with van der Waals surface area (Å²) in [6.45, 7) is 3.14. The van der Waals surface area contributed by atoms with E-state index < -0.39 is 17.7 Å². The number of aliphatic hydroxyl groups excluding tert-OH is 1. The second-order valence-corrected chi connectivity index (χ2v) is 5.12. The van der Waals surface area contributed by atoms with Gasteiger partial charge in [0.05, 0.1) is 59.5 Å². The van der Waals surface area contributed by atoms with Crippen molar-refractivity contribution in [2.24, 2.45) is 0 Å². The molecular formula is C16H26N2O8. The van der Waals surface area contributed by atoms with E-state index in [9.17, 15) is 14.4 Å². The number of nitrogens with one attached hydrogen (secondary N) is 1. The van der Waals surface area contributed by atoms with Gasteiger partial charge in [0.15, 0.2) is 0 Å². The molecule has 10 heteroatoms. The third-order valence-electron chi connectivity index (χ3n) is 3.12. The molecule has 0 saturated carbocycles. The highest BCUT2D eigenvalue weighted by Gasteiger charge is 2.25. The number of imide groups is 1. The second kappa shape index (κ2) is 14.3. The smallest absolute Gasteiger partial charge is 0.254 e. The zero-order chi connectivity index (χ0) is 19.0. The molecule has 0 aromatic carbocycles. The molecule has 1 rings (SSSR count). The van der Waals surface area contributed by atoms with Gasteiger partial charge in [0.2, 0.25) is 5.91 Å². The van der Waals surface area contributed by atoms with Gasteiger partial charge in [-0.3, -0.25) is 19.3 Å². The van der Waals surface area contributed by atoms with E-state index in [1.807, 2.05) is 0 Å². The number of nitrogens with zero attached hydrogens (tertiary/aromatic N) is 1. The first kappa shape index (κ1) is 22.2. The van der Waals surface area contributed by atoms with Gasteiger partial charge in [0.1, 0.15) is 6.54 Å². The van der Waals surface area contributed by atoms with E-state index in [2.05, 4.69) is 5.32 Å². The number of amides is 3. The number of rotatable bonds is 16. The first-order valence-electron chi connectivity index (χ1n) is 8.37. The topological polar surface area (TPSA) is 124 Å². The van der Waals surface area contributed by atoms with Crippen LogP contribution in [-0.4, -0.2) is 100 Å². The zero-order valence-corrected chi connectivity index (χ0v) is 14.7. The van der Waals surface area contributed by atoms with Crippen molar-refractivity contribution in [3.05, 3.63) is 12.2 Å².